The lowest BCUT2D eigenvalue weighted by Crippen LogP contribution is -2.30. The highest BCUT2D eigenvalue weighted by molar-refractivity contribution is 7.22. The van der Waals surface area contributed by atoms with E-state index in [2.05, 4.69) is 4.98 Å². The SMILES string of the molecule is Cc1ccc(C(=O)C2C(=O)C(=O)N(c3nc4ccccc4s3)C2c2cccc(F)c2)cc1. The Balaban J connectivity index is 1.67. The number of fused-ring (bicyclic) bond motifs is 1. The third kappa shape index (κ3) is 3.31. The van der Waals surface area contributed by atoms with E-state index >= 15 is 0 Å². The number of rotatable bonds is 4. The van der Waals surface area contributed by atoms with Gasteiger partial charge in [-0.3, -0.25) is 19.3 Å². The van der Waals surface area contributed by atoms with Crippen LogP contribution in [0.2, 0.25) is 0 Å². The van der Waals surface area contributed by atoms with Crippen LogP contribution in [-0.2, 0) is 9.59 Å². The molecular weight excluding hydrogens is 427 g/mol. The molecule has 0 N–H and O–H groups in total. The molecule has 1 aliphatic heterocycles. The van der Waals surface area contributed by atoms with Crippen LogP contribution in [0.15, 0.2) is 72.8 Å². The monoisotopic (exact) mass is 444 g/mol. The van der Waals surface area contributed by atoms with Gasteiger partial charge in [-0.2, -0.15) is 0 Å². The van der Waals surface area contributed by atoms with E-state index in [1.807, 2.05) is 31.2 Å². The van der Waals surface area contributed by atoms with Crippen molar-refractivity contribution in [1.82, 2.24) is 4.98 Å². The number of benzene rings is 3. The molecule has 7 heteroatoms. The first-order valence-corrected chi connectivity index (χ1v) is 10.8. The highest BCUT2D eigenvalue weighted by Crippen LogP contribution is 2.43. The Labute approximate surface area is 187 Å². The predicted octanol–water partition coefficient (Wildman–Crippen LogP) is 4.90. The lowest BCUT2D eigenvalue weighted by Gasteiger charge is -2.25. The van der Waals surface area contributed by atoms with Crippen molar-refractivity contribution in [3.63, 3.8) is 0 Å². The number of hydrogen-bond donors (Lipinski definition) is 0. The van der Waals surface area contributed by atoms with Crippen molar-refractivity contribution in [2.24, 2.45) is 5.92 Å². The number of hydrogen-bond acceptors (Lipinski definition) is 5. The van der Waals surface area contributed by atoms with E-state index in [1.54, 1.807) is 30.3 Å². The van der Waals surface area contributed by atoms with Crippen molar-refractivity contribution >= 4 is 44.2 Å². The zero-order valence-electron chi connectivity index (χ0n) is 17.0. The quantitative estimate of drug-likeness (QED) is 0.255. The number of Topliss-reactive ketones (excluding diaryl/α,β-unsaturated/α-hetero) is 2. The van der Waals surface area contributed by atoms with Crippen molar-refractivity contribution in [2.45, 2.75) is 13.0 Å². The van der Waals surface area contributed by atoms with Crippen LogP contribution in [0.25, 0.3) is 10.2 Å². The minimum Gasteiger partial charge on any atom is -0.293 e. The third-order valence-corrected chi connectivity index (χ3v) is 6.64. The summed E-state index contributed by atoms with van der Waals surface area (Å²) in [6.45, 7) is 1.89. The van der Waals surface area contributed by atoms with Gasteiger partial charge < -0.3 is 0 Å². The second kappa shape index (κ2) is 7.76. The average molecular weight is 444 g/mol. The van der Waals surface area contributed by atoms with Gasteiger partial charge in [0.1, 0.15) is 11.7 Å². The third-order valence-electron chi connectivity index (χ3n) is 5.60. The maximum absolute atomic E-state index is 14.1. The first kappa shape index (κ1) is 20.2. The molecule has 1 amide bonds. The lowest BCUT2D eigenvalue weighted by molar-refractivity contribution is -0.135. The van der Waals surface area contributed by atoms with Gasteiger partial charge in [0.15, 0.2) is 10.9 Å². The van der Waals surface area contributed by atoms with Crippen LogP contribution in [0.3, 0.4) is 0 Å². The molecule has 32 heavy (non-hydrogen) atoms. The number of para-hydroxylation sites is 1. The number of aromatic nitrogens is 1. The van der Waals surface area contributed by atoms with E-state index in [4.69, 9.17) is 0 Å². The molecular formula is C25H17FN2O3S. The van der Waals surface area contributed by atoms with Gasteiger partial charge in [-0.1, -0.05) is 65.4 Å². The molecule has 5 nitrogen and oxygen atoms in total. The Bertz CT molecular complexity index is 1350. The zero-order chi connectivity index (χ0) is 22.4. The molecule has 4 aromatic rings. The van der Waals surface area contributed by atoms with Crippen molar-refractivity contribution < 1.29 is 18.8 Å². The van der Waals surface area contributed by atoms with E-state index in [9.17, 15) is 18.8 Å². The summed E-state index contributed by atoms with van der Waals surface area (Å²) in [5.74, 6) is -3.91. The summed E-state index contributed by atoms with van der Waals surface area (Å²) in [6, 6.07) is 18.9. The second-order valence-corrected chi connectivity index (χ2v) is 8.72. The van der Waals surface area contributed by atoms with Crippen molar-refractivity contribution in [1.29, 1.82) is 0 Å². The highest BCUT2D eigenvalue weighted by Gasteiger charge is 2.53. The Kier molecular flexibility index (Phi) is 4.90. The lowest BCUT2D eigenvalue weighted by atomic mass is 9.86. The number of aryl methyl sites for hydroxylation is 1. The molecule has 0 spiro atoms. The smallest absolute Gasteiger partial charge is 0.293 e. The van der Waals surface area contributed by atoms with Gasteiger partial charge in [-0.05, 0) is 36.8 Å². The minimum absolute atomic E-state index is 0.304. The number of carbonyl (C=O) groups excluding carboxylic acids is 3. The van der Waals surface area contributed by atoms with Crippen molar-refractivity contribution in [3.8, 4) is 0 Å². The number of halogens is 1. The number of amides is 1. The minimum atomic E-state index is -1.29. The highest BCUT2D eigenvalue weighted by atomic mass is 32.1. The molecule has 0 aliphatic carbocycles. The molecule has 5 rings (SSSR count). The molecule has 2 heterocycles. The number of carbonyl (C=O) groups is 3. The maximum Gasteiger partial charge on any atom is 0.297 e. The Hall–Kier alpha value is -3.71. The normalized spacial score (nSPS) is 18.5. The van der Waals surface area contributed by atoms with Crippen LogP contribution in [-0.4, -0.2) is 22.5 Å². The topological polar surface area (TPSA) is 67.3 Å². The fourth-order valence-electron chi connectivity index (χ4n) is 4.03. The molecule has 0 bridgehead atoms. The molecule has 1 fully saturated rings. The van der Waals surface area contributed by atoms with Crippen molar-refractivity contribution in [2.75, 3.05) is 4.90 Å². The van der Waals surface area contributed by atoms with Gasteiger partial charge >= 0.3 is 0 Å². The molecule has 1 aliphatic rings. The van der Waals surface area contributed by atoms with Gasteiger partial charge in [-0.15, -0.1) is 0 Å². The van der Waals surface area contributed by atoms with E-state index in [-0.39, 0.29) is 0 Å². The number of ketones is 2. The van der Waals surface area contributed by atoms with Crippen LogP contribution in [0.5, 0.6) is 0 Å². The summed E-state index contributed by atoms with van der Waals surface area (Å²) >= 11 is 1.25. The van der Waals surface area contributed by atoms with Gasteiger partial charge in [0.2, 0.25) is 5.78 Å². The largest absolute Gasteiger partial charge is 0.297 e. The van der Waals surface area contributed by atoms with Crippen LogP contribution in [0.1, 0.15) is 27.5 Å². The summed E-state index contributed by atoms with van der Waals surface area (Å²) in [6.07, 6.45) is 0. The molecule has 158 valence electrons. The Morgan fingerprint density at radius 1 is 1.00 bits per heavy atom. The molecule has 2 atom stereocenters. The number of nitrogens with zero attached hydrogens (tertiary/aromatic N) is 2. The maximum atomic E-state index is 14.1. The van der Waals surface area contributed by atoms with E-state index in [1.165, 1.54) is 34.4 Å². The van der Waals surface area contributed by atoms with Crippen LogP contribution < -0.4 is 4.90 Å². The van der Waals surface area contributed by atoms with E-state index < -0.39 is 35.3 Å². The van der Waals surface area contributed by atoms with Crippen LogP contribution in [0, 0.1) is 18.7 Å². The molecule has 1 aromatic heterocycles. The van der Waals surface area contributed by atoms with Crippen LogP contribution in [0.4, 0.5) is 9.52 Å². The summed E-state index contributed by atoms with van der Waals surface area (Å²) in [7, 11) is 0. The summed E-state index contributed by atoms with van der Waals surface area (Å²) < 4.78 is 15.0. The first-order valence-electron chi connectivity index (χ1n) is 10.0. The summed E-state index contributed by atoms with van der Waals surface area (Å²) in [5.41, 5.74) is 2.34. The van der Waals surface area contributed by atoms with Crippen LogP contribution >= 0.6 is 11.3 Å². The average Bonchev–Trinajstić information content (AvgIpc) is 3.32. The van der Waals surface area contributed by atoms with Gasteiger partial charge in [0.05, 0.1) is 16.3 Å². The number of anilines is 1. The Morgan fingerprint density at radius 3 is 2.47 bits per heavy atom. The molecule has 0 saturated carbocycles. The standard InChI is InChI=1S/C25H17FN2O3S/c1-14-9-11-15(12-10-14)22(29)20-21(16-5-4-6-17(26)13-16)28(24(31)23(20)30)25-27-18-7-2-3-8-19(18)32-25/h2-13,20-21H,1H3. The molecule has 0 radical (unpaired) electrons. The number of thiazole rings is 1. The van der Waals surface area contributed by atoms with Crippen molar-refractivity contribution in [3.05, 3.63) is 95.3 Å². The van der Waals surface area contributed by atoms with Gasteiger partial charge in [0.25, 0.3) is 5.91 Å². The first-order chi connectivity index (χ1) is 15.4. The summed E-state index contributed by atoms with van der Waals surface area (Å²) in [4.78, 5) is 45.5. The molecule has 1 saturated heterocycles. The zero-order valence-corrected chi connectivity index (χ0v) is 17.8. The second-order valence-electron chi connectivity index (χ2n) is 7.71. The molecule has 2 unspecified atom stereocenters. The van der Waals surface area contributed by atoms with E-state index in [0.717, 1.165) is 10.3 Å². The molecule has 3 aromatic carbocycles. The predicted molar refractivity (Wildman–Crippen MR) is 120 cm³/mol. The fraction of sp³-hybridized carbons (Fsp3) is 0.120. The van der Waals surface area contributed by atoms with Gasteiger partial charge in [0, 0.05) is 5.56 Å². The Morgan fingerprint density at radius 2 is 1.75 bits per heavy atom. The van der Waals surface area contributed by atoms with Gasteiger partial charge in [-0.25, -0.2) is 9.37 Å². The fourth-order valence-corrected chi connectivity index (χ4v) is 5.03. The summed E-state index contributed by atoms with van der Waals surface area (Å²) in [5, 5.41) is 0.304. The van der Waals surface area contributed by atoms with E-state index in [0.29, 0.717) is 21.8 Å².